The molecule has 0 aliphatic heterocycles. The van der Waals surface area contributed by atoms with Crippen molar-refractivity contribution < 1.29 is 19.1 Å². The zero-order valence-electron chi connectivity index (χ0n) is 17.7. The van der Waals surface area contributed by atoms with Crippen molar-refractivity contribution in [3.63, 3.8) is 0 Å². The summed E-state index contributed by atoms with van der Waals surface area (Å²) in [6, 6.07) is 11.1. The van der Waals surface area contributed by atoms with E-state index in [0.717, 1.165) is 16.9 Å². The number of carbonyl (C=O) groups is 3. The Balaban J connectivity index is 1.98. The lowest BCUT2D eigenvalue weighted by Gasteiger charge is -2.18. The van der Waals surface area contributed by atoms with Crippen molar-refractivity contribution in [3.05, 3.63) is 52.4 Å². The number of hydrogen-bond donors (Lipinski definition) is 2. The van der Waals surface area contributed by atoms with Gasteiger partial charge in [-0.05, 0) is 38.0 Å². The van der Waals surface area contributed by atoms with Crippen molar-refractivity contribution in [2.24, 2.45) is 5.41 Å². The monoisotopic (exact) mass is 416 g/mol. The van der Waals surface area contributed by atoms with Gasteiger partial charge < -0.3 is 15.4 Å². The van der Waals surface area contributed by atoms with E-state index < -0.39 is 17.5 Å². The molecule has 6 nitrogen and oxygen atoms in total. The lowest BCUT2D eigenvalue weighted by Crippen LogP contribution is -2.37. The van der Waals surface area contributed by atoms with Crippen LogP contribution in [0.2, 0.25) is 0 Å². The topological polar surface area (TPSA) is 84.5 Å². The van der Waals surface area contributed by atoms with Crippen LogP contribution in [0.5, 0.6) is 0 Å². The largest absolute Gasteiger partial charge is 0.448 e. The Morgan fingerprint density at radius 3 is 2.28 bits per heavy atom. The van der Waals surface area contributed by atoms with Crippen LogP contribution in [0.25, 0.3) is 0 Å². The highest BCUT2D eigenvalue weighted by Crippen LogP contribution is 2.29. The molecule has 7 heteroatoms. The maximum atomic E-state index is 12.5. The summed E-state index contributed by atoms with van der Waals surface area (Å²) in [5, 5.41) is 6.23. The minimum atomic E-state index is -0.942. The maximum absolute atomic E-state index is 12.5. The lowest BCUT2D eigenvalue weighted by atomic mass is 9.96. The molecule has 2 N–H and O–H groups in total. The molecule has 0 aliphatic carbocycles. The van der Waals surface area contributed by atoms with Gasteiger partial charge in [0.25, 0.3) is 5.91 Å². The molecule has 1 aromatic heterocycles. The van der Waals surface area contributed by atoms with E-state index in [4.69, 9.17) is 4.74 Å². The molecule has 0 spiro atoms. The fourth-order valence-corrected chi connectivity index (χ4v) is 3.42. The molecule has 156 valence electrons. The van der Waals surface area contributed by atoms with Gasteiger partial charge in [-0.3, -0.25) is 9.59 Å². The van der Waals surface area contributed by atoms with Gasteiger partial charge in [-0.2, -0.15) is 0 Å². The van der Waals surface area contributed by atoms with Gasteiger partial charge in [0.1, 0.15) is 4.88 Å². The first-order chi connectivity index (χ1) is 13.5. The predicted molar refractivity (Wildman–Crippen MR) is 115 cm³/mol. The number of esters is 1. The van der Waals surface area contributed by atoms with E-state index in [1.807, 2.05) is 58.0 Å². The van der Waals surface area contributed by atoms with Crippen molar-refractivity contribution in [2.75, 3.05) is 5.32 Å². The Morgan fingerprint density at radius 1 is 1.07 bits per heavy atom. The number of amides is 2. The van der Waals surface area contributed by atoms with E-state index >= 15 is 0 Å². The summed E-state index contributed by atoms with van der Waals surface area (Å²) in [6.45, 7) is 10.6. The Bertz CT molecular complexity index is 884. The summed E-state index contributed by atoms with van der Waals surface area (Å²) >= 11 is 1.14. The van der Waals surface area contributed by atoms with Crippen LogP contribution >= 0.6 is 11.3 Å². The summed E-state index contributed by atoms with van der Waals surface area (Å²) in [6.07, 6.45) is -0.942. The predicted octanol–water partition coefficient (Wildman–Crippen LogP) is 4.46. The fraction of sp³-hybridized carbons (Fsp3) is 0.409. The van der Waals surface area contributed by atoms with E-state index in [1.54, 1.807) is 13.0 Å². The van der Waals surface area contributed by atoms with E-state index in [2.05, 4.69) is 10.6 Å². The minimum Gasteiger partial charge on any atom is -0.448 e. The first-order valence-corrected chi connectivity index (χ1v) is 10.3. The van der Waals surface area contributed by atoms with Crippen molar-refractivity contribution in [2.45, 2.75) is 53.7 Å². The van der Waals surface area contributed by atoms with Crippen LogP contribution in [0.15, 0.2) is 36.4 Å². The summed E-state index contributed by atoms with van der Waals surface area (Å²) in [4.78, 5) is 37.4. The van der Waals surface area contributed by atoms with Gasteiger partial charge >= 0.3 is 5.97 Å². The van der Waals surface area contributed by atoms with Crippen LogP contribution in [0.1, 0.15) is 61.5 Å². The van der Waals surface area contributed by atoms with Gasteiger partial charge in [0.2, 0.25) is 5.91 Å². The number of hydrogen-bond acceptors (Lipinski definition) is 5. The molecule has 1 heterocycles. The molecule has 29 heavy (non-hydrogen) atoms. The number of nitrogens with one attached hydrogen (secondary N) is 2. The minimum absolute atomic E-state index is 0.138. The zero-order chi connectivity index (χ0) is 21.8. The van der Waals surface area contributed by atoms with Crippen molar-refractivity contribution in [1.29, 1.82) is 0 Å². The molecule has 2 amide bonds. The van der Waals surface area contributed by atoms with Crippen LogP contribution in [0.3, 0.4) is 0 Å². The van der Waals surface area contributed by atoms with Gasteiger partial charge in [-0.25, -0.2) is 4.79 Å². The van der Waals surface area contributed by atoms with E-state index in [0.29, 0.717) is 15.4 Å². The summed E-state index contributed by atoms with van der Waals surface area (Å²) in [5.41, 5.74) is 1.11. The molecule has 2 rings (SSSR count). The van der Waals surface area contributed by atoms with E-state index in [1.165, 1.54) is 6.92 Å². The van der Waals surface area contributed by atoms with Gasteiger partial charge in [0.15, 0.2) is 6.10 Å². The molecular weight excluding hydrogens is 388 g/mol. The van der Waals surface area contributed by atoms with Crippen molar-refractivity contribution in [1.82, 2.24) is 5.32 Å². The third-order valence-electron chi connectivity index (χ3n) is 4.33. The van der Waals surface area contributed by atoms with Crippen LogP contribution in [0.4, 0.5) is 5.00 Å². The van der Waals surface area contributed by atoms with Crippen LogP contribution in [-0.2, 0) is 14.3 Å². The second-order valence-corrected chi connectivity index (χ2v) is 9.07. The SMILES string of the molecule is Cc1cc(NC(=O)C(C)(C)C)sc1C(=O)OC(C)C(=O)NC(C)c1ccccc1. The number of ether oxygens (including phenoxy) is 1. The maximum Gasteiger partial charge on any atom is 0.349 e. The molecule has 0 fully saturated rings. The Morgan fingerprint density at radius 2 is 1.69 bits per heavy atom. The lowest BCUT2D eigenvalue weighted by molar-refractivity contribution is -0.129. The first kappa shape index (κ1) is 22.6. The second-order valence-electron chi connectivity index (χ2n) is 8.02. The molecule has 0 radical (unpaired) electrons. The standard InChI is InChI=1S/C22H28N2O4S/c1-13-12-17(24-21(27)22(4,5)6)29-18(13)20(26)28-15(3)19(25)23-14(2)16-10-8-7-9-11-16/h7-12,14-15H,1-6H3,(H,23,25)(H,24,27). The summed E-state index contributed by atoms with van der Waals surface area (Å²) in [5.74, 6) is -1.09. The van der Waals surface area contributed by atoms with Crippen molar-refractivity contribution >= 4 is 34.1 Å². The zero-order valence-corrected chi connectivity index (χ0v) is 18.5. The third-order valence-corrected chi connectivity index (χ3v) is 5.47. The molecule has 2 atom stereocenters. The molecule has 0 saturated heterocycles. The number of benzene rings is 1. The van der Waals surface area contributed by atoms with Crippen LogP contribution in [-0.4, -0.2) is 23.9 Å². The number of thiophene rings is 1. The van der Waals surface area contributed by atoms with Gasteiger partial charge in [0, 0.05) is 5.41 Å². The summed E-state index contributed by atoms with van der Waals surface area (Å²) < 4.78 is 5.35. The molecule has 2 unspecified atom stereocenters. The molecular formula is C22H28N2O4S. The van der Waals surface area contributed by atoms with Crippen LogP contribution < -0.4 is 10.6 Å². The van der Waals surface area contributed by atoms with Gasteiger partial charge in [-0.15, -0.1) is 11.3 Å². The second kappa shape index (κ2) is 9.22. The molecule has 2 aromatic rings. The highest BCUT2D eigenvalue weighted by Gasteiger charge is 2.25. The van der Waals surface area contributed by atoms with Crippen LogP contribution in [0, 0.1) is 12.3 Å². The Kier molecular flexibility index (Phi) is 7.19. The van der Waals surface area contributed by atoms with Gasteiger partial charge in [-0.1, -0.05) is 51.1 Å². The Labute approximate surface area is 175 Å². The number of carbonyl (C=O) groups excluding carboxylic acids is 3. The molecule has 0 bridgehead atoms. The summed E-state index contributed by atoms with van der Waals surface area (Å²) in [7, 11) is 0. The Hall–Kier alpha value is -2.67. The quantitative estimate of drug-likeness (QED) is 0.681. The average Bonchev–Trinajstić information content (AvgIpc) is 3.01. The number of rotatable bonds is 6. The highest BCUT2D eigenvalue weighted by atomic mass is 32.1. The smallest absolute Gasteiger partial charge is 0.349 e. The molecule has 0 aliphatic rings. The molecule has 0 saturated carbocycles. The number of anilines is 1. The normalized spacial score (nSPS) is 13.3. The third kappa shape index (κ3) is 6.15. The molecule has 1 aromatic carbocycles. The van der Waals surface area contributed by atoms with Crippen molar-refractivity contribution in [3.8, 4) is 0 Å². The highest BCUT2D eigenvalue weighted by molar-refractivity contribution is 7.18. The van der Waals surface area contributed by atoms with E-state index in [-0.39, 0.29) is 17.9 Å². The average molecular weight is 417 g/mol. The van der Waals surface area contributed by atoms with E-state index in [9.17, 15) is 14.4 Å². The first-order valence-electron chi connectivity index (χ1n) is 9.47. The number of aryl methyl sites for hydroxylation is 1. The van der Waals surface area contributed by atoms with Gasteiger partial charge in [0.05, 0.1) is 11.0 Å². The fourth-order valence-electron chi connectivity index (χ4n) is 2.47.